The molecule has 24 heavy (non-hydrogen) atoms. The van der Waals surface area contributed by atoms with Crippen LogP contribution in [0.15, 0.2) is 24.3 Å². The summed E-state index contributed by atoms with van der Waals surface area (Å²) in [4.78, 5) is 23.5. The van der Waals surface area contributed by atoms with E-state index in [9.17, 15) is 14.7 Å². The third kappa shape index (κ3) is 5.34. The van der Waals surface area contributed by atoms with Crippen molar-refractivity contribution in [2.75, 3.05) is 13.7 Å². The van der Waals surface area contributed by atoms with Crippen LogP contribution >= 0.6 is 0 Å². The van der Waals surface area contributed by atoms with E-state index in [1.54, 1.807) is 0 Å². The highest BCUT2D eigenvalue weighted by molar-refractivity contribution is 5.76. The van der Waals surface area contributed by atoms with Gasteiger partial charge in [-0.1, -0.05) is 29.8 Å². The highest BCUT2D eigenvalue weighted by Gasteiger charge is 2.36. The normalized spacial score (nSPS) is 23.5. The molecule has 1 aliphatic rings. The molecule has 2 N–H and O–H groups in total. The number of methoxy groups -OCH3 is 1. The molecule has 5 heteroatoms. The SMILES string of the molecule is COC(=O)C1CCC(O)(CNC(=O)CCc2cccc(C)c2)CC1. The molecule has 0 radical (unpaired) electrons. The van der Waals surface area contributed by atoms with Gasteiger partial charge in [0.25, 0.3) is 0 Å². The molecule has 1 aromatic carbocycles. The van der Waals surface area contributed by atoms with Crippen molar-refractivity contribution in [1.29, 1.82) is 0 Å². The maximum Gasteiger partial charge on any atom is 0.308 e. The highest BCUT2D eigenvalue weighted by Crippen LogP contribution is 2.32. The molecule has 1 fully saturated rings. The van der Waals surface area contributed by atoms with Crippen molar-refractivity contribution in [3.8, 4) is 0 Å². The van der Waals surface area contributed by atoms with Crippen molar-refractivity contribution in [2.45, 2.75) is 51.0 Å². The lowest BCUT2D eigenvalue weighted by molar-refractivity contribution is -0.148. The molecular formula is C19H27NO4. The predicted molar refractivity (Wildman–Crippen MR) is 91.4 cm³/mol. The molecule has 2 rings (SSSR count). The van der Waals surface area contributed by atoms with E-state index < -0.39 is 5.60 Å². The van der Waals surface area contributed by atoms with Gasteiger partial charge in [0.2, 0.25) is 5.91 Å². The van der Waals surface area contributed by atoms with Crippen LogP contribution in [0.5, 0.6) is 0 Å². The van der Waals surface area contributed by atoms with Crippen molar-refractivity contribution in [3.05, 3.63) is 35.4 Å². The molecule has 0 aromatic heterocycles. The van der Waals surface area contributed by atoms with Gasteiger partial charge in [-0.15, -0.1) is 0 Å². The second-order valence-corrected chi connectivity index (χ2v) is 6.79. The van der Waals surface area contributed by atoms with Crippen LogP contribution in [-0.4, -0.2) is 36.2 Å². The van der Waals surface area contributed by atoms with E-state index in [1.165, 1.54) is 12.7 Å². The van der Waals surface area contributed by atoms with E-state index in [-0.39, 0.29) is 24.3 Å². The van der Waals surface area contributed by atoms with E-state index in [0.717, 1.165) is 5.56 Å². The van der Waals surface area contributed by atoms with Gasteiger partial charge < -0.3 is 15.2 Å². The molecule has 0 atom stereocenters. The Bertz CT molecular complexity index is 576. The molecule has 0 heterocycles. The first kappa shape index (κ1) is 18.5. The number of esters is 1. The van der Waals surface area contributed by atoms with Gasteiger partial charge in [-0.2, -0.15) is 0 Å². The second-order valence-electron chi connectivity index (χ2n) is 6.79. The van der Waals surface area contributed by atoms with Crippen LogP contribution in [0.3, 0.4) is 0 Å². The van der Waals surface area contributed by atoms with Crippen LogP contribution in [0.25, 0.3) is 0 Å². The lowest BCUT2D eigenvalue weighted by atomic mass is 9.79. The van der Waals surface area contributed by atoms with E-state index in [4.69, 9.17) is 4.74 Å². The maximum absolute atomic E-state index is 12.0. The summed E-state index contributed by atoms with van der Waals surface area (Å²) in [5.74, 6) is -0.397. The van der Waals surface area contributed by atoms with E-state index >= 15 is 0 Å². The average molecular weight is 333 g/mol. The monoisotopic (exact) mass is 333 g/mol. The highest BCUT2D eigenvalue weighted by atomic mass is 16.5. The number of ether oxygens (including phenoxy) is 1. The van der Waals surface area contributed by atoms with Gasteiger partial charge in [-0.25, -0.2) is 0 Å². The molecule has 1 aliphatic carbocycles. The standard InChI is InChI=1S/C19H27NO4/c1-14-4-3-5-15(12-14)6-7-17(21)20-13-19(23)10-8-16(9-11-19)18(22)24-2/h3-5,12,16,23H,6-11,13H2,1-2H3,(H,20,21). The molecule has 5 nitrogen and oxygen atoms in total. The molecule has 0 unspecified atom stereocenters. The lowest BCUT2D eigenvalue weighted by Crippen LogP contribution is -2.46. The number of rotatable bonds is 6. The predicted octanol–water partition coefficient (Wildman–Crippen LogP) is 2.14. The van der Waals surface area contributed by atoms with Gasteiger partial charge in [0.15, 0.2) is 0 Å². The van der Waals surface area contributed by atoms with Crippen molar-refractivity contribution in [1.82, 2.24) is 5.32 Å². The van der Waals surface area contributed by atoms with E-state index in [2.05, 4.69) is 11.4 Å². The molecule has 1 amide bonds. The van der Waals surface area contributed by atoms with Crippen LogP contribution in [-0.2, 0) is 20.7 Å². The number of amides is 1. The number of benzene rings is 1. The zero-order chi connectivity index (χ0) is 17.6. The maximum atomic E-state index is 12.0. The fourth-order valence-corrected chi connectivity index (χ4v) is 3.21. The number of nitrogens with one attached hydrogen (secondary N) is 1. The Hall–Kier alpha value is -1.88. The minimum Gasteiger partial charge on any atom is -0.469 e. The van der Waals surface area contributed by atoms with Crippen molar-refractivity contribution < 1.29 is 19.4 Å². The minimum atomic E-state index is -0.913. The Kier molecular flexibility index (Phi) is 6.37. The van der Waals surface area contributed by atoms with Crippen LogP contribution < -0.4 is 5.32 Å². The zero-order valence-electron chi connectivity index (χ0n) is 14.5. The first-order valence-electron chi connectivity index (χ1n) is 8.54. The van der Waals surface area contributed by atoms with Gasteiger partial charge in [-0.3, -0.25) is 9.59 Å². The molecule has 0 saturated heterocycles. The number of aliphatic hydroxyl groups is 1. The summed E-state index contributed by atoms with van der Waals surface area (Å²) in [5.41, 5.74) is 1.41. The van der Waals surface area contributed by atoms with Crippen LogP contribution in [0.1, 0.15) is 43.2 Å². The number of hydrogen-bond donors (Lipinski definition) is 2. The van der Waals surface area contributed by atoms with Gasteiger partial charge in [0.05, 0.1) is 18.6 Å². The van der Waals surface area contributed by atoms with Gasteiger partial charge in [-0.05, 0) is 44.6 Å². The average Bonchev–Trinajstić information content (AvgIpc) is 2.58. The number of carbonyl (C=O) groups is 2. The quantitative estimate of drug-likeness (QED) is 0.782. The summed E-state index contributed by atoms with van der Waals surface area (Å²) < 4.78 is 4.75. The van der Waals surface area contributed by atoms with E-state index in [1.807, 2.05) is 25.1 Å². The van der Waals surface area contributed by atoms with Gasteiger partial charge in [0, 0.05) is 13.0 Å². The van der Waals surface area contributed by atoms with Gasteiger partial charge in [0.1, 0.15) is 0 Å². The summed E-state index contributed by atoms with van der Waals surface area (Å²) in [7, 11) is 1.39. The summed E-state index contributed by atoms with van der Waals surface area (Å²) in [6.07, 6.45) is 3.31. The summed E-state index contributed by atoms with van der Waals surface area (Å²) in [5, 5.41) is 13.4. The number of aryl methyl sites for hydroxylation is 2. The van der Waals surface area contributed by atoms with Crippen LogP contribution in [0, 0.1) is 12.8 Å². The van der Waals surface area contributed by atoms with Crippen LogP contribution in [0.4, 0.5) is 0 Å². The topological polar surface area (TPSA) is 75.6 Å². The fourth-order valence-electron chi connectivity index (χ4n) is 3.21. The van der Waals surface area contributed by atoms with Gasteiger partial charge >= 0.3 is 5.97 Å². The Morgan fingerprint density at radius 1 is 1.33 bits per heavy atom. The van der Waals surface area contributed by atoms with Crippen molar-refractivity contribution in [2.24, 2.45) is 5.92 Å². The molecule has 0 bridgehead atoms. The molecule has 0 aliphatic heterocycles. The number of hydrogen-bond acceptors (Lipinski definition) is 4. The zero-order valence-corrected chi connectivity index (χ0v) is 14.5. The molecule has 0 spiro atoms. The summed E-state index contributed by atoms with van der Waals surface area (Å²) in [6, 6.07) is 8.12. The first-order chi connectivity index (χ1) is 11.4. The Morgan fingerprint density at radius 3 is 2.67 bits per heavy atom. The summed E-state index contributed by atoms with van der Waals surface area (Å²) >= 11 is 0. The Labute approximate surface area is 143 Å². The smallest absolute Gasteiger partial charge is 0.308 e. The molecule has 1 aromatic rings. The van der Waals surface area contributed by atoms with Crippen molar-refractivity contribution in [3.63, 3.8) is 0 Å². The molecular weight excluding hydrogens is 306 g/mol. The van der Waals surface area contributed by atoms with Crippen LogP contribution in [0.2, 0.25) is 0 Å². The molecule has 1 saturated carbocycles. The van der Waals surface area contributed by atoms with E-state index in [0.29, 0.717) is 38.5 Å². The minimum absolute atomic E-state index is 0.0555. The lowest BCUT2D eigenvalue weighted by Gasteiger charge is -2.35. The molecule has 132 valence electrons. The third-order valence-corrected chi connectivity index (χ3v) is 4.79. The largest absolute Gasteiger partial charge is 0.469 e. The van der Waals surface area contributed by atoms with Crippen molar-refractivity contribution >= 4 is 11.9 Å². The third-order valence-electron chi connectivity index (χ3n) is 4.79. The Morgan fingerprint density at radius 2 is 2.04 bits per heavy atom. The summed E-state index contributed by atoms with van der Waals surface area (Å²) in [6.45, 7) is 2.28. The fraction of sp³-hybridized carbons (Fsp3) is 0.579. The number of carbonyl (C=O) groups excluding carboxylic acids is 2. The Balaban J connectivity index is 1.72. The second kappa shape index (κ2) is 8.29. The first-order valence-corrected chi connectivity index (χ1v) is 8.54.